The topological polar surface area (TPSA) is 119 Å². The fourth-order valence-electron chi connectivity index (χ4n) is 3.89. The van der Waals surface area contributed by atoms with Crippen molar-refractivity contribution in [1.29, 1.82) is 0 Å². The Hall–Kier alpha value is -3.04. The monoisotopic (exact) mass is 437 g/mol. The first kappa shape index (κ1) is 19.9. The Balaban J connectivity index is 1.59. The fraction of sp³-hybridized carbons (Fsp3) is 0.227. The third kappa shape index (κ3) is 3.53. The lowest BCUT2D eigenvalue weighted by Gasteiger charge is -2.17. The lowest BCUT2D eigenvalue weighted by Crippen LogP contribution is -2.24. The summed E-state index contributed by atoms with van der Waals surface area (Å²) < 4.78 is 7.70. The number of halogens is 1. The second-order valence-electron chi connectivity index (χ2n) is 7.44. The number of rotatable bonds is 4. The molecule has 1 fully saturated rings. The van der Waals surface area contributed by atoms with Crippen molar-refractivity contribution in [2.75, 3.05) is 12.3 Å². The minimum absolute atomic E-state index is 0.264. The van der Waals surface area contributed by atoms with Crippen molar-refractivity contribution in [3.05, 3.63) is 59.9 Å². The van der Waals surface area contributed by atoms with E-state index in [-0.39, 0.29) is 12.4 Å². The van der Waals surface area contributed by atoms with Gasteiger partial charge in [0.25, 0.3) is 0 Å². The van der Waals surface area contributed by atoms with E-state index in [0.717, 1.165) is 16.7 Å². The van der Waals surface area contributed by atoms with Crippen LogP contribution in [0.2, 0.25) is 5.02 Å². The molecule has 5 rings (SSSR count). The Morgan fingerprint density at radius 1 is 1.03 bits per heavy atom. The standard InChI is InChI=1S/C22H20ClN5O3/c23-15-7-5-13(6-8-15)12-1-3-14(4-2-12)21-27-19-20(24)25-11-26-22(19)28(21)18-9-16(30)17(10-29)31-18/h1-8,11,16-18,29-30H,9-10H2,(H2,24,25,26)/t16-,17+,18+/m0/s1. The maximum atomic E-state index is 10.2. The van der Waals surface area contributed by atoms with Gasteiger partial charge in [-0.15, -0.1) is 0 Å². The van der Waals surface area contributed by atoms with Gasteiger partial charge in [-0.2, -0.15) is 0 Å². The number of aliphatic hydroxyl groups is 2. The number of nitrogens with two attached hydrogens (primary N) is 1. The quantitative estimate of drug-likeness (QED) is 0.449. The zero-order chi connectivity index (χ0) is 21.5. The number of anilines is 1. The molecule has 0 bridgehead atoms. The number of ether oxygens (including phenoxy) is 1. The van der Waals surface area contributed by atoms with E-state index in [4.69, 9.17) is 22.1 Å². The summed E-state index contributed by atoms with van der Waals surface area (Å²) in [5.41, 5.74) is 9.94. The number of hydrogen-bond donors (Lipinski definition) is 3. The normalized spacial score (nSPS) is 21.1. The highest BCUT2D eigenvalue weighted by atomic mass is 35.5. The predicted molar refractivity (Wildman–Crippen MR) is 117 cm³/mol. The van der Waals surface area contributed by atoms with Gasteiger partial charge in [0, 0.05) is 17.0 Å². The van der Waals surface area contributed by atoms with Crippen LogP contribution >= 0.6 is 11.6 Å². The third-order valence-corrected chi connectivity index (χ3v) is 5.75. The van der Waals surface area contributed by atoms with E-state index < -0.39 is 18.4 Å². The molecule has 0 saturated carbocycles. The molecular formula is C22H20ClN5O3. The van der Waals surface area contributed by atoms with Gasteiger partial charge < -0.3 is 20.7 Å². The van der Waals surface area contributed by atoms with Gasteiger partial charge in [0.1, 0.15) is 24.5 Å². The SMILES string of the molecule is Nc1ncnc2c1nc(-c1ccc(-c3ccc(Cl)cc3)cc1)n2[C@H]1C[C@H](O)[C@@H](CO)O1. The summed E-state index contributed by atoms with van der Waals surface area (Å²) in [6.07, 6.45) is -0.319. The maximum Gasteiger partial charge on any atom is 0.168 e. The summed E-state index contributed by atoms with van der Waals surface area (Å²) in [4.78, 5) is 13.1. The van der Waals surface area contributed by atoms with E-state index in [9.17, 15) is 10.2 Å². The maximum absolute atomic E-state index is 10.2. The van der Waals surface area contributed by atoms with Crippen LogP contribution < -0.4 is 5.73 Å². The van der Waals surface area contributed by atoms with Gasteiger partial charge in [-0.05, 0) is 23.3 Å². The number of imidazole rings is 1. The van der Waals surface area contributed by atoms with Gasteiger partial charge in [-0.3, -0.25) is 4.57 Å². The molecule has 8 nitrogen and oxygen atoms in total. The molecule has 9 heteroatoms. The first-order chi connectivity index (χ1) is 15.0. The minimum atomic E-state index is -0.785. The second kappa shape index (κ2) is 7.90. The van der Waals surface area contributed by atoms with Crippen molar-refractivity contribution < 1.29 is 14.9 Å². The van der Waals surface area contributed by atoms with Crippen molar-refractivity contribution in [2.24, 2.45) is 0 Å². The van der Waals surface area contributed by atoms with Crippen LogP contribution in [-0.2, 0) is 4.74 Å². The van der Waals surface area contributed by atoms with E-state index in [0.29, 0.717) is 28.4 Å². The Morgan fingerprint density at radius 3 is 2.32 bits per heavy atom. The highest BCUT2D eigenvalue weighted by Crippen LogP contribution is 2.36. The first-order valence-corrected chi connectivity index (χ1v) is 10.2. The van der Waals surface area contributed by atoms with Crippen LogP contribution in [0.5, 0.6) is 0 Å². The summed E-state index contributed by atoms with van der Waals surface area (Å²) in [7, 11) is 0. The Kier molecular flexibility index (Phi) is 5.07. The Morgan fingerprint density at radius 2 is 1.68 bits per heavy atom. The summed E-state index contributed by atoms with van der Waals surface area (Å²) in [6.45, 7) is -0.271. The number of nitrogens with zero attached hydrogens (tertiary/aromatic N) is 4. The molecule has 0 radical (unpaired) electrons. The average molecular weight is 438 g/mol. The van der Waals surface area contributed by atoms with Crippen molar-refractivity contribution in [1.82, 2.24) is 19.5 Å². The van der Waals surface area contributed by atoms with Crippen molar-refractivity contribution in [3.63, 3.8) is 0 Å². The highest BCUT2D eigenvalue weighted by molar-refractivity contribution is 6.30. The van der Waals surface area contributed by atoms with Gasteiger partial charge in [0.2, 0.25) is 0 Å². The van der Waals surface area contributed by atoms with Gasteiger partial charge >= 0.3 is 0 Å². The molecule has 4 N–H and O–H groups in total. The van der Waals surface area contributed by atoms with Gasteiger partial charge in [-0.1, -0.05) is 48.0 Å². The fourth-order valence-corrected chi connectivity index (χ4v) is 4.02. The van der Waals surface area contributed by atoms with Gasteiger partial charge in [0.05, 0.1) is 12.7 Å². The molecule has 2 aromatic carbocycles. The van der Waals surface area contributed by atoms with E-state index in [1.54, 1.807) is 0 Å². The summed E-state index contributed by atoms with van der Waals surface area (Å²) in [6, 6.07) is 15.5. The smallest absolute Gasteiger partial charge is 0.168 e. The predicted octanol–water partition coefficient (Wildman–Crippen LogP) is 3.04. The van der Waals surface area contributed by atoms with Crippen LogP contribution in [0.25, 0.3) is 33.7 Å². The van der Waals surface area contributed by atoms with Crippen LogP contribution in [0.3, 0.4) is 0 Å². The lowest BCUT2D eigenvalue weighted by molar-refractivity contribution is -0.0426. The third-order valence-electron chi connectivity index (χ3n) is 5.50. The number of aromatic nitrogens is 4. The minimum Gasteiger partial charge on any atom is -0.394 e. The molecule has 0 aliphatic carbocycles. The summed E-state index contributed by atoms with van der Waals surface area (Å²) >= 11 is 5.99. The Labute approximate surface area is 182 Å². The molecule has 1 aliphatic heterocycles. The molecule has 1 saturated heterocycles. The molecule has 2 aromatic heterocycles. The lowest BCUT2D eigenvalue weighted by atomic mass is 10.0. The zero-order valence-electron chi connectivity index (χ0n) is 16.4. The van der Waals surface area contributed by atoms with Crippen molar-refractivity contribution in [3.8, 4) is 22.5 Å². The number of aliphatic hydroxyl groups excluding tert-OH is 2. The van der Waals surface area contributed by atoms with Crippen LogP contribution in [-0.4, -0.2) is 48.5 Å². The molecular weight excluding hydrogens is 418 g/mol. The second-order valence-corrected chi connectivity index (χ2v) is 7.87. The number of benzene rings is 2. The first-order valence-electron chi connectivity index (χ1n) is 9.84. The van der Waals surface area contributed by atoms with Crippen LogP contribution in [0, 0.1) is 0 Å². The highest BCUT2D eigenvalue weighted by Gasteiger charge is 2.37. The van der Waals surface area contributed by atoms with E-state index in [1.807, 2.05) is 53.1 Å². The zero-order valence-corrected chi connectivity index (χ0v) is 17.1. The van der Waals surface area contributed by atoms with Crippen LogP contribution in [0.4, 0.5) is 5.82 Å². The molecule has 158 valence electrons. The molecule has 3 heterocycles. The van der Waals surface area contributed by atoms with Crippen LogP contribution in [0.1, 0.15) is 12.6 Å². The van der Waals surface area contributed by atoms with Crippen molar-refractivity contribution >= 4 is 28.6 Å². The molecule has 0 spiro atoms. The molecule has 0 amide bonds. The molecule has 31 heavy (non-hydrogen) atoms. The molecule has 4 aromatic rings. The van der Waals surface area contributed by atoms with E-state index >= 15 is 0 Å². The van der Waals surface area contributed by atoms with E-state index in [2.05, 4.69) is 15.0 Å². The molecule has 3 atom stereocenters. The summed E-state index contributed by atoms with van der Waals surface area (Å²) in [5, 5.41) is 20.4. The number of fused-ring (bicyclic) bond motifs is 1. The van der Waals surface area contributed by atoms with Gasteiger partial charge in [0.15, 0.2) is 17.0 Å². The molecule has 0 unspecified atom stereocenters. The number of hydrogen-bond acceptors (Lipinski definition) is 7. The summed E-state index contributed by atoms with van der Waals surface area (Å²) in [5.74, 6) is 0.862. The van der Waals surface area contributed by atoms with Crippen molar-refractivity contribution in [2.45, 2.75) is 24.9 Å². The van der Waals surface area contributed by atoms with E-state index in [1.165, 1.54) is 6.33 Å². The molecule has 1 aliphatic rings. The van der Waals surface area contributed by atoms with Gasteiger partial charge in [-0.25, -0.2) is 15.0 Å². The van der Waals surface area contributed by atoms with Crippen LogP contribution in [0.15, 0.2) is 54.9 Å². The average Bonchev–Trinajstić information content (AvgIpc) is 3.35. The largest absolute Gasteiger partial charge is 0.394 e. The Bertz CT molecular complexity index is 1230. The number of nitrogen functional groups attached to an aromatic ring is 1.